The fourth-order valence-electron chi connectivity index (χ4n) is 3.03. The zero-order valence-electron chi connectivity index (χ0n) is 15.5. The van der Waals surface area contributed by atoms with E-state index in [-0.39, 0.29) is 5.41 Å². The third-order valence-corrected chi connectivity index (χ3v) is 4.86. The predicted molar refractivity (Wildman–Crippen MR) is 113 cm³/mol. The van der Waals surface area contributed by atoms with Crippen LogP contribution in [0.4, 0.5) is 0 Å². The fourth-order valence-corrected chi connectivity index (χ4v) is 3.20. The number of hydrogen-bond acceptors (Lipinski definition) is 3. The van der Waals surface area contributed by atoms with Crippen LogP contribution in [0.25, 0.3) is 22.3 Å². The Morgan fingerprint density at radius 1 is 1.07 bits per heavy atom. The minimum absolute atomic E-state index is 0.108. The highest BCUT2D eigenvalue weighted by atomic mass is 32.1. The number of aromatic nitrogens is 4. The maximum absolute atomic E-state index is 5.37. The van der Waals surface area contributed by atoms with Gasteiger partial charge in [-0.25, -0.2) is 5.10 Å². The minimum Gasteiger partial charge on any atom is -0.361 e. The van der Waals surface area contributed by atoms with Crippen LogP contribution in [0.1, 0.15) is 31.9 Å². The number of hydrogen-bond donors (Lipinski definition) is 2. The second kappa shape index (κ2) is 6.63. The molecule has 2 heterocycles. The van der Waals surface area contributed by atoms with Crippen molar-refractivity contribution in [1.29, 1.82) is 0 Å². The summed E-state index contributed by atoms with van der Waals surface area (Å²) in [5, 5.41) is 12.9. The summed E-state index contributed by atoms with van der Waals surface area (Å²) >= 11 is 5.37. The van der Waals surface area contributed by atoms with Crippen molar-refractivity contribution in [1.82, 2.24) is 19.9 Å². The van der Waals surface area contributed by atoms with Gasteiger partial charge in [0, 0.05) is 28.2 Å². The summed E-state index contributed by atoms with van der Waals surface area (Å²) in [6, 6.07) is 16.5. The highest BCUT2D eigenvalue weighted by Crippen LogP contribution is 2.25. The molecule has 2 N–H and O–H groups in total. The molecule has 0 aliphatic carbocycles. The van der Waals surface area contributed by atoms with Crippen molar-refractivity contribution in [3.8, 4) is 11.4 Å². The van der Waals surface area contributed by atoms with Crippen molar-refractivity contribution in [3.05, 3.63) is 70.6 Å². The van der Waals surface area contributed by atoms with Crippen LogP contribution in [0.15, 0.2) is 59.8 Å². The second-order valence-electron chi connectivity index (χ2n) is 7.53. The number of para-hydroxylation sites is 1. The van der Waals surface area contributed by atoms with Gasteiger partial charge in [-0.2, -0.15) is 14.9 Å². The molecule has 5 nitrogen and oxygen atoms in total. The summed E-state index contributed by atoms with van der Waals surface area (Å²) in [7, 11) is 0. The molecule has 27 heavy (non-hydrogen) atoms. The third kappa shape index (κ3) is 3.36. The maximum Gasteiger partial charge on any atom is 0.216 e. The molecule has 0 bridgehead atoms. The Kier molecular flexibility index (Phi) is 4.28. The van der Waals surface area contributed by atoms with Crippen molar-refractivity contribution < 1.29 is 0 Å². The van der Waals surface area contributed by atoms with Gasteiger partial charge in [-0.3, -0.25) is 0 Å². The van der Waals surface area contributed by atoms with Gasteiger partial charge < -0.3 is 4.98 Å². The highest BCUT2D eigenvalue weighted by molar-refractivity contribution is 7.71. The van der Waals surface area contributed by atoms with Gasteiger partial charge in [0.25, 0.3) is 0 Å². The lowest BCUT2D eigenvalue weighted by Crippen LogP contribution is -2.10. The van der Waals surface area contributed by atoms with Crippen LogP contribution >= 0.6 is 12.2 Å². The standard InChI is InChI=1S/C21H21N5S/c1-21(2,3)16-10-8-14(9-11-16)19-24-25-20(27)26(19)23-13-15-12-22-18-7-5-4-6-17(15)18/h4-13,22H,1-3H3,(H,25,27)/b23-13-. The van der Waals surface area contributed by atoms with Crippen molar-refractivity contribution >= 4 is 29.3 Å². The van der Waals surface area contributed by atoms with E-state index in [2.05, 4.69) is 71.4 Å². The maximum atomic E-state index is 5.37. The zero-order valence-corrected chi connectivity index (χ0v) is 16.3. The monoisotopic (exact) mass is 375 g/mol. The van der Waals surface area contributed by atoms with Gasteiger partial charge in [-0.1, -0.05) is 63.2 Å². The van der Waals surface area contributed by atoms with E-state index >= 15 is 0 Å². The largest absolute Gasteiger partial charge is 0.361 e. The fraction of sp³-hybridized carbons (Fsp3) is 0.190. The average Bonchev–Trinajstić information content (AvgIpc) is 3.23. The Labute approximate surface area is 162 Å². The minimum atomic E-state index is 0.108. The van der Waals surface area contributed by atoms with E-state index < -0.39 is 0 Å². The molecule has 0 saturated carbocycles. The molecule has 4 aromatic rings. The molecule has 0 aliphatic heterocycles. The van der Waals surface area contributed by atoms with Crippen LogP contribution in [-0.2, 0) is 5.41 Å². The molecule has 0 atom stereocenters. The number of fused-ring (bicyclic) bond motifs is 1. The number of H-pyrrole nitrogens is 2. The molecule has 0 fully saturated rings. The smallest absolute Gasteiger partial charge is 0.216 e. The average molecular weight is 376 g/mol. The van der Waals surface area contributed by atoms with Crippen LogP contribution in [-0.4, -0.2) is 26.1 Å². The van der Waals surface area contributed by atoms with E-state index in [4.69, 9.17) is 12.2 Å². The predicted octanol–water partition coefficient (Wildman–Crippen LogP) is 5.27. The van der Waals surface area contributed by atoms with Gasteiger partial charge in [0.15, 0.2) is 5.82 Å². The Balaban J connectivity index is 1.71. The van der Waals surface area contributed by atoms with Gasteiger partial charge >= 0.3 is 0 Å². The molecular formula is C21H21N5S. The topological polar surface area (TPSA) is 61.8 Å². The molecule has 0 radical (unpaired) electrons. The first kappa shape index (κ1) is 17.4. The zero-order chi connectivity index (χ0) is 19.0. The van der Waals surface area contributed by atoms with E-state index in [9.17, 15) is 0 Å². The summed E-state index contributed by atoms with van der Waals surface area (Å²) in [6.07, 6.45) is 3.74. The molecule has 0 unspecified atom stereocenters. The molecule has 2 aromatic carbocycles. The third-order valence-electron chi connectivity index (χ3n) is 4.59. The van der Waals surface area contributed by atoms with Crippen LogP contribution in [0.2, 0.25) is 0 Å². The molecule has 0 spiro atoms. The normalized spacial score (nSPS) is 12.3. The van der Waals surface area contributed by atoms with Crippen molar-refractivity contribution in [2.75, 3.05) is 0 Å². The SMILES string of the molecule is CC(C)(C)c1ccc(-c2n[nH]c(=S)n2/N=C\c2c[nH]c3ccccc23)cc1. The summed E-state index contributed by atoms with van der Waals surface area (Å²) < 4.78 is 2.12. The number of nitrogens with zero attached hydrogens (tertiary/aromatic N) is 3. The lowest BCUT2D eigenvalue weighted by atomic mass is 9.87. The Bertz CT molecular complexity index is 1170. The van der Waals surface area contributed by atoms with Crippen molar-refractivity contribution in [2.45, 2.75) is 26.2 Å². The van der Waals surface area contributed by atoms with Gasteiger partial charge in [-0.15, -0.1) is 0 Å². The van der Waals surface area contributed by atoms with E-state index in [0.717, 1.165) is 22.0 Å². The number of benzene rings is 2. The molecule has 0 saturated heterocycles. The van der Waals surface area contributed by atoms with Crippen LogP contribution < -0.4 is 0 Å². The van der Waals surface area contributed by atoms with E-state index in [1.54, 1.807) is 10.9 Å². The Morgan fingerprint density at radius 2 is 1.81 bits per heavy atom. The van der Waals surface area contributed by atoms with E-state index in [0.29, 0.717) is 10.6 Å². The second-order valence-corrected chi connectivity index (χ2v) is 7.91. The summed E-state index contributed by atoms with van der Waals surface area (Å²) in [5.74, 6) is 0.691. The van der Waals surface area contributed by atoms with E-state index in [1.807, 2.05) is 24.4 Å². The molecule has 6 heteroatoms. The first-order chi connectivity index (χ1) is 12.9. The van der Waals surface area contributed by atoms with Crippen LogP contribution in [0, 0.1) is 4.77 Å². The molecular weight excluding hydrogens is 354 g/mol. The summed E-state index contributed by atoms with van der Waals surface area (Å²) in [4.78, 5) is 3.25. The molecule has 0 amide bonds. The van der Waals surface area contributed by atoms with Gasteiger partial charge in [0.2, 0.25) is 4.77 Å². The van der Waals surface area contributed by atoms with Crippen molar-refractivity contribution in [2.24, 2.45) is 5.10 Å². The Hall–Kier alpha value is -2.99. The van der Waals surface area contributed by atoms with Crippen LogP contribution in [0.5, 0.6) is 0 Å². The quantitative estimate of drug-likeness (QED) is 0.378. The molecule has 2 aromatic heterocycles. The van der Waals surface area contributed by atoms with Gasteiger partial charge in [0.05, 0.1) is 6.21 Å². The first-order valence-corrected chi connectivity index (χ1v) is 9.23. The number of aromatic amines is 2. The van der Waals surface area contributed by atoms with Crippen LogP contribution in [0.3, 0.4) is 0 Å². The Morgan fingerprint density at radius 3 is 2.56 bits per heavy atom. The molecule has 136 valence electrons. The summed E-state index contributed by atoms with van der Waals surface area (Å²) in [6.45, 7) is 6.59. The molecule has 0 aliphatic rings. The number of nitrogens with one attached hydrogen (secondary N) is 2. The summed E-state index contributed by atoms with van der Waals surface area (Å²) in [5.41, 5.74) is 4.42. The lowest BCUT2D eigenvalue weighted by molar-refractivity contribution is 0.590. The van der Waals surface area contributed by atoms with Gasteiger partial charge in [0.1, 0.15) is 0 Å². The van der Waals surface area contributed by atoms with Crippen molar-refractivity contribution in [3.63, 3.8) is 0 Å². The lowest BCUT2D eigenvalue weighted by Gasteiger charge is -2.18. The van der Waals surface area contributed by atoms with E-state index in [1.165, 1.54) is 5.56 Å². The number of rotatable bonds is 3. The highest BCUT2D eigenvalue weighted by Gasteiger charge is 2.14. The first-order valence-electron chi connectivity index (χ1n) is 8.82. The molecule has 4 rings (SSSR count). The van der Waals surface area contributed by atoms with Gasteiger partial charge in [-0.05, 0) is 29.3 Å².